The van der Waals surface area contributed by atoms with E-state index in [-0.39, 0.29) is 5.91 Å². The first-order valence-corrected chi connectivity index (χ1v) is 9.79. The fourth-order valence-corrected chi connectivity index (χ4v) is 3.63. The van der Waals surface area contributed by atoms with Gasteiger partial charge in [-0.25, -0.2) is 0 Å². The van der Waals surface area contributed by atoms with Gasteiger partial charge in [0.1, 0.15) is 12.4 Å². The van der Waals surface area contributed by atoms with E-state index in [1.54, 1.807) is 0 Å². The highest BCUT2D eigenvalue weighted by atomic mass is 16.5. The quantitative estimate of drug-likeness (QED) is 0.743. The average molecular weight is 351 g/mol. The summed E-state index contributed by atoms with van der Waals surface area (Å²) in [5, 5.41) is 3.10. The summed E-state index contributed by atoms with van der Waals surface area (Å²) in [6, 6.07) is 17.5. The Balaban J connectivity index is 1.43. The molecular weight excluding hydrogens is 322 g/mol. The van der Waals surface area contributed by atoms with Gasteiger partial charge in [0.2, 0.25) is 0 Å². The fourth-order valence-electron chi connectivity index (χ4n) is 3.63. The monoisotopic (exact) mass is 351 g/mol. The van der Waals surface area contributed by atoms with Crippen molar-refractivity contribution in [1.29, 1.82) is 0 Å². The molecule has 1 aliphatic rings. The summed E-state index contributed by atoms with van der Waals surface area (Å²) in [7, 11) is 0. The third-order valence-corrected chi connectivity index (χ3v) is 5.46. The van der Waals surface area contributed by atoms with Crippen molar-refractivity contribution in [3.8, 4) is 5.75 Å². The van der Waals surface area contributed by atoms with E-state index in [0.717, 1.165) is 23.8 Å². The van der Waals surface area contributed by atoms with Crippen molar-refractivity contribution in [2.45, 2.75) is 45.6 Å². The molecule has 1 fully saturated rings. The molecule has 0 aliphatic heterocycles. The van der Waals surface area contributed by atoms with Crippen LogP contribution in [0.5, 0.6) is 5.75 Å². The maximum atomic E-state index is 12.3. The molecule has 1 saturated carbocycles. The molecule has 3 nitrogen and oxygen atoms in total. The maximum absolute atomic E-state index is 12.3. The Morgan fingerprint density at radius 2 is 1.62 bits per heavy atom. The summed E-state index contributed by atoms with van der Waals surface area (Å²) in [6.45, 7) is 3.61. The Labute approximate surface area is 156 Å². The lowest BCUT2D eigenvalue weighted by atomic mass is 9.81. The Morgan fingerprint density at radius 3 is 2.27 bits per heavy atom. The number of nitrogens with one attached hydrogen (secondary N) is 1. The summed E-state index contributed by atoms with van der Waals surface area (Å²) < 4.78 is 5.77. The Bertz CT molecular complexity index is 673. The minimum absolute atomic E-state index is 0.0113. The molecule has 0 atom stereocenters. The standard InChI is InChI=1S/C23H29NO2/c1-2-18-8-10-19(11-9-18)16-24-23(25)21-12-14-22(15-13-21)26-17-20-6-4-3-5-7-20/h3-7,12-15,18-19H,2,8-11,16-17H2,1H3,(H,24,25). The van der Waals surface area contributed by atoms with E-state index in [4.69, 9.17) is 4.74 Å². The van der Waals surface area contributed by atoms with Crippen LogP contribution in [0.3, 0.4) is 0 Å². The Morgan fingerprint density at radius 1 is 0.962 bits per heavy atom. The number of rotatable bonds is 7. The van der Waals surface area contributed by atoms with Gasteiger partial charge in [0.05, 0.1) is 0 Å². The zero-order chi connectivity index (χ0) is 18.2. The smallest absolute Gasteiger partial charge is 0.251 e. The molecular formula is C23H29NO2. The van der Waals surface area contributed by atoms with Gasteiger partial charge in [-0.05, 0) is 54.5 Å². The molecule has 0 bridgehead atoms. The summed E-state index contributed by atoms with van der Waals surface area (Å²) >= 11 is 0. The van der Waals surface area contributed by atoms with E-state index in [1.807, 2.05) is 54.6 Å². The first-order chi connectivity index (χ1) is 12.7. The lowest BCUT2D eigenvalue weighted by molar-refractivity contribution is 0.0941. The highest BCUT2D eigenvalue weighted by Crippen LogP contribution is 2.30. The molecule has 0 unspecified atom stereocenters. The lowest BCUT2D eigenvalue weighted by Crippen LogP contribution is -2.31. The highest BCUT2D eigenvalue weighted by Gasteiger charge is 2.20. The van der Waals surface area contributed by atoms with Gasteiger partial charge < -0.3 is 10.1 Å². The molecule has 0 spiro atoms. The van der Waals surface area contributed by atoms with Crippen LogP contribution in [-0.4, -0.2) is 12.5 Å². The summed E-state index contributed by atoms with van der Waals surface area (Å²) in [5.74, 6) is 2.32. The highest BCUT2D eigenvalue weighted by molar-refractivity contribution is 5.94. The van der Waals surface area contributed by atoms with Crippen LogP contribution in [0.15, 0.2) is 54.6 Å². The summed E-state index contributed by atoms with van der Waals surface area (Å²) in [6.07, 6.45) is 6.39. The molecule has 0 saturated heterocycles. The van der Waals surface area contributed by atoms with E-state index < -0.39 is 0 Å². The van der Waals surface area contributed by atoms with Crippen LogP contribution in [0.2, 0.25) is 0 Å². The maximum Gasteiger partial charge on any atom is 0.251 e. The minimum atomic E-state index is 0.0113. The van der Waals surface area contributed by atoms with Gasteiger partial charge in [-0.15, -0.1) is 0 Å². The molecule has 3 rings (SSSR count). The van der Waals surface area contributed by atoms with Crippen LogP contribution < -0.4 is 10.1 Å². The largest absolute Gasteiger partial charge is 0.489 e. The van der Waals surface area contributed by atoms with Crippen molar-refractivity contribution in [3.63, 3.8) is 0 Å². The molecule has 1 aliphatic carbocycles. The second-order valence-electron chi connectivity index (χ2n) is 7.30. The SMILES string of the molecule is CCC1CCC(CNC(=O)c2ccc(OCc3ccccc3)cc2)CC1. The van der Waals surface area contributed by atoms with Gasteiger partial charge in [-0.3, -0.25) is 4.79 Å². The third-order valence-electron chi connectivity index (χ3n) is 5.46. The number of benzene rings is 2. The Kier molecular flexibility index (Phi) is 6.70. The van der Waals surface area contributed by atoms with E-state index in [0.29, 0.717) is 18.1 Å². The lowest BCUT2D eigenvalue weighted by Gasteiger charge is -2.27. The van der Waals surface area contributed by atoms with Crippen molar-refractivity contribution in [2.24, 2.45) is 11.8 Å². The molecule has 0 radical (unpaired) electrons. The topological polar surface area (TPSA) is 38.3 Å². The van der Waals surface area contributed by atoms with Crippen molar-refractivity contribution in [3.05, 3.63) is 65.7 Å². The minimum Gasteiger partial charge on any atom is -0.489 e. The first kappa shape index (κ1) is 18.5. The zero-order valence-corrected chi connectivity index (χ0v) is 15.6. The van der Waals surface area contributed by atoms with E-state index >= 15 is 0 Å². The number of carbonyl (C=O) groups excluding carboxylic acids is 1. The van der Waals surface area contributed by atoms with Crippen LogP contribution in [0, 0.1) is 11.8 Å². The second-order valence-corrected chi connectivity index (χ2v) is 7.30. The average Bonchev–Trinajstić information content (AvgIpc) is 2.72. The number of hydrogen-bond acceptors (Lipinski definition) is 2. The van der Waals surface area contributed by atoms with Gasteiger partial charge in [-0.2, -0.15) is 0 Å². The van der Waals surface area contributed by atoms with Gasteiger partial charge in [0, 0.05) is 12.1 Å². The molecule has 0 heterocycles. The number of ether oxygens (including phenoxy) is 1. The fraction of sp³-hybridized carbons (Fsp3) is 0.435. The molecule has 3 heteroatoms. The summed E-state index contributed by atoms with van der Waals surface area (Å²) in [5.41, 5.74) is 1.83. The van der Waals surface area contributed by atoms with Gasteiger partial charge in [0.25, 0.3) is 5.91 Å². The van der Waals surface area contributed by atoms with Crippen LogP contribution in [0.4, 0.5) is 0 Å². The van der Waals surface area contributed by atoms with E-state index in [2.05, 4.69) is 12.2 Å². The molecule has 138 valence electrons. The van der Waals surface area contributed by atoms with Gasteiger partial charge >= 0.3 is 0 Å². The van der Waals surface area contributed by atoms with Crippen molar-refractivity contribution >= 4 is 5.91 Å². The number of carbonyl (C=O) groups is 1. The molecule has 1 amide bonds. The normalized spacial score (nSPS) is 19.7. The van der Waals surface area contributed by atoms with Crippen molar-refractivity contribution in [1.82, 2.24) is 5.32 Å². The molecule has 1 N–H and O–H groups in total. The van der Waals surface area contributed by atoms with E-state index in [1.165, 1.54) is 32.1 Å². The number of hydrogen-bond donors (Lipinski definition) is 1. The van der Waals surface area contributed by atoms with Gasteiger partial charge in [0.15, 0.2) is 0 Å². The predicted molar refractivity (Wildman–Crippen MR) is 105 cm³/mol. The van der Waals surface area contributed by atoms with E-state index in [9.17, 15) is 4.79 Å². The molecule has 0 aromatic heterocycles. The molecule has 26 heavy (non-hydrogen) atoms. The summed E-state index contributed by atoms with van der Waals surface area (Å²) in [4.78, 5) is 12.3. The zero-order valence-electron chi connectivity index (χ0n) is 15.6. The van der Waals surface area contributed by atoms with Crippen LogP contribution >= 0.6 is 0 Å². The molecule has 2 aromatic carbocycles. The Hall–Kier alpha value is -2.29. The van der Waals surface area contributed by atoms with Crippen LogP contribution in [0.1, 0.15) is 54.9 Å². The van der Waals surface area contributed by atoms with Crippen molar-refractivity contribution < 1.29 is 9.53 Å². The number of amides is 1. The molecule has 2 aromatic rings. The van der Waals surface area contributed by atoms with Crippen molar-refractivity contribution in [2.75, 3.05) is 6.54 Å². The second kappa shape index (κ2) is 9.42. The van der Waals surface area contributed by atoms with Crippen LogP contribution in [0.25, 0.3) is 0 Å². The van der Waals surface area contributed by atoms with Gasteiger partial charge in [-0.1, -0.05) is 56.5 Å². The predicted octanol–water partition coefficient (Wildman–Crippen LogP) is 5.21. The third kappa shape index (κ3) is 5.35. The van der Waals surface area contributed by atoms with Crippen LogP contribution in [-0.2, 0) is 6.61 Å². The first-order valence-electron chi connectivity index (χ1n) is 9.79.